The first-order valence-corrected chi connectivity index (χ1v) is 5.10. The molecule has 2 unspecified atom stereocenters. The third kappa shape index (κ3) is 5.14. The minimum atomic E-state index is -0.443. The molecule has 0 aliphatic heterocycles. The number of amides is 1. The topological polar surface area (TPSA) is 72.9 Å². The van der Waals surface area contributed by atoms with Crippen LogP contribution in [0, 0.1) is 5.92 Å². The summed E-state index contributed by atoms with van der Waals surface area (Å²) >= 11 is 0. The second-order valence-electron chi connectivity index (χ2n) is 3.87. The summed E-state index contributed by atoms with van der Waals surface area (Å²) in [5.41, 5.74) is 5.43. The Hall–Kier alpha value is -1.07. The molecule has 1 heterocycles. The molecule has 16 heavy (non-hydrogen) atoms. The first-order chi connectivity index (χ1) is 7.09. The van der Waals surface area contributed by atoms with Crippen molar-refractivity contribution < 1.29 is 4.79 Å². The largest absolute Gasteiger partial charge is 0.354 e. The summed E-state index contributed by atoms with van der Waals surface area (Å²) in [5.74, 6) is 0.231. The van der Waals surface area contributed by atoms with Crippen LogP contribution < -0.4 is 11.1 Å². The van der Waals surface area contributed by atoms with Crippen molar-refractivity contribution in [1.29, 1.82) is 0 Å². The van der Waals surface area contributed by atoms with Gasteiger partial charge in [0.05, 0.1) is 6.04 Å². The molecule has 0 fully saturated rings. The quantitative estimate of drug-likeness (QED) is 0.790. The molecule has 3 N–H and O–H groups in total. The number of hydrogen-bond acceptors (Lipinski definition) is 3. The Morgan fingerprint density at radius 3 is 2.75 bits per heavy atom. The molecule has 0 aromatic carbocycles. The van der Waals surface area contributed by atoms with Crippen LogP contribution in [0.5, 0.6) is 0 Å². The van der Waals surface area contributed by atoms with E-state index in [1.165, 1.54) is 0 Å². The molecule has 0 saturated carbocycles. The summed E-state index contributed by atoms with van der Waals surface area (Å²) in [6.45, 7) is 5.16. The Labute approximate surface area is 102 Å². The fourth-order valence-electron chi connectivity index (χ4n) is 1.23. The summed E-state index contributed by atoms with van der Waals surface area (Å²) in [4.78, 5) is 11.2. The normalized spacial score (nSPS) is 13.7. The van der Waals surface area contributed by atoms with Gasteiger partial charge in [0, 0.05) is 25.5 Å². The molecule has 1 aromatic rings. The fourth-order valence-corrected chi connectivity index (χ4v) is 1.23. The molecular weight excluding hydrogens is 228 g/mol. The van der Waals surface area contributed by atoms with Gasteiger partial charge in [-0.1, -0.05) is 6.92 Å². The molecule has 6 heteroatoms. The highest BCUT2D eigenvalue weighted by Crippen LogP contribution is 1.97. The average molecular weight is 247 g/mol. The van der Waals surface area contributed by atoms with Crippen molar-refractivity contribution in [2.24, 2.45) is 11.7 Å². The van der Waals surface area contributed by atoms with Crippen LogP contribution >= 0.6 is 12.4 Å². The van der Waals surface area contributed by atoms with Gasteiger partial charge in [0.2, 0.25) is 5.91 Å². The predicted octanol–water partition coefficient (Wildman–Crippen LogP) is 0.404. The van der Waals surface area contributed by atoms with E-state index in [1.54, 1.807) is 13.1 Å². The molecule has 5 nitrogen and oxygen atoms in total. The number of nitrogens with one attached hydrogen (secondary N) is 1. The summed E-state index contributed by atoms with van der Waals surface area (Å²) in [7, 11) is 0. The Kier molecular flexibility index (Phi) is 6.76. The number of nitrogens with zero attached hydrogens (tertiary/aromatic N) is 2. The molecule has 0 aliphatic rings. The standard InChI is InChI=1S/C10H18N4O.ClH/c1-8(6-12-10(15)9(2)11)7-14-5-3-4-13-14;/h3-5,8-9H,6-7,11H2,1-2H3,(H,12,15);1H. The van der Waals surface area contributed by atoms with Crippen molar-refractivity contribution in [3.8, 4) is 0 Å². The molecule has 0 spiro atoms. The van der Waals surface area contributed by atoms with Gasteiger partial charge >= 0.3 is 0 Å². The van der Waals surface area contributed by atoms with Crippen molar-refractivity contribution in [2.45, 2.75) is 26.4 Å². The van der Waals surface area contributed by atoms with E-state index in [0.717, 1.165) is 6.54 Å². The van der Waals surface area contributed by atoms with Gasteiger partial charge in [-0.25, -0.2) is 0 Å². The highest BCUT2D eigenvalue weighted by Gasteiger charge is 2.09. The van der Waals surface area contributed by atoms with Crippen molar-refractivity contribution in [2.75, 3.05) is 6.54 Å². The lowest BCUT2D eigenvalue weighted by atomic mass is 10.2. The van der Waals surface area contributed by atoms with Crippen LogP contribution in [0.15, 0.2) is 18.5 Å². The number of carbonyl (C=O) groups is 1. The highest BCUT2D eigenvalue weighted by atomic mass is 35.5. The minimum absolute atomic E-state index is 0. The number of aromatic nitrogens is 2. The van der Waals surface area contributed by atoms with Gasteiger partial charge < -0.3 is 11.1 Å². The zero-order chi connectivity index (χ0) is 11.3. The maximum atomic E-state index is 11.2. The predicted molar refractivity (Wildman–Crippen MR) is 65.3 cm³/mol. The summed E-state index contributed by atoms with van der Waals surface area (Å²) in [6, 6.07) is 1.44. The van der Waals surface area contributed by atoms with E-state index in [9.17, 15) is 4.79 Å². The van der Waals surface area contributed by atoms with E-state index in [-0.39, 0.29) is 18.3 Å². The van der Waals surface area contributed by atoms with Crippen LogP contribution in [0.2, 0.25) is 0 Å². The van der Waals surface area contributed by atoms with E-state index in [4.69, 9.17) is 5.73 Å². The smallest absolute Gasteiger partial charge is 0.236 e. The van der Waals surface area contributed by atoms with Crippen LogP contribution in [0.25, 0.3) is 0 Å². The Balaban J connectivity index is 0.00000225. The Morgan fingerprint density at radius 2 is 2.25 bits per heavy atom. The lowest BCUT2D eigenvalue weighted by Gasteiger charge is -2.13. The van der Waals surface area contributed by atoms with E-state index >= 15 is 0 Å². The molecule has 1 amide bonds. The maximum Gasteiger partial charge on any atom is 0.236 e. The molecule has 0 bridgehead atoms. The van der Waals surface area contributed by atoms with Crippen molar-refractivity contribution >= 4 is 18.3 Å². The lowest BCUT2D eigenvalue weighted by Crippen LogP contribution is -2.40. The first-order valence-electron chi connectivity index (χ1n) is 5.10. The van der Waals surface area contributed by atoms with E-state index in [1.807, 2.05) is 16.9 Å². The highest BCUT2D eigenvalue weighted by molar-refractivity contribution is 5.85. The number of halogens is 1. The second-order valence-corrected chi connectivity index (χ2v) is 3.87. The number of hydrogen-bond donors (Lipinski definition) is 2. The average Bonchev–Trinajstić information content (AvgIpc) is 2.66. The lowest BCUT2D eigenvalue weighted by molar-refractivity contribution is -0.122. The van der Waals surface area contributed by atoms with Crippen molar-refractivity contribution in [3.05, 3.63) is 18.5 Å². The van der Waals surface area contributed by atoms with Gasteiger partial charge in [0.15, 0.2) is 0 Å². The Morgan fingerprint density at radius 1 is 1.56 bits per heavy atom. The van der Waals surface area contributed by atoms with Crippen LogP contribution in [-0.4, -0.2) is 28.3 Å². The van der Waals surface area contributed by atoms with Gasteiger partial charge in [-0.2, -0.15) is 5.10 Å². The van der Waals surface area contributed by atoms with Crippen molar-refractivity contribution in [3.63, 3.8) is 0 Å². The molecule has 92 valence electrons. The third-order valence-electron chi connectivity index (χ3n) is 2.10. The zero-order valence-electron chi connectivity index (χ0n) is 9.59. The van der Waals surface area contributed by atoms with Gasteiger partial charge in [-0.15, -0.1) is 12.4 Å². The number of carbonyl (C=O) groups excluding carboxylic acids is 1. The molecular formula is C10H19ClN4O. The zero-order valence-corrected chi connectivity index (χ0v) is 10.4. The SMILES string of the molecule is CC(CNC(=O)C(C)N)Cn1cccn1.Cl. The van der Waals surface area contributed by atoms with E-state index in [2.05, 4.69) is 17.3 Å². The van der Waals surface area contributed by atoms with E-state index < -0.39 is 6.04 Å². The van der Waals surface area contributed by atoms with Gasteiger partial charge in [0.25, 0.3) is 0 Å². The number of nitrogens with two attached hydrogens (primary N) is 1. The van der Waals surface area contributed by atoms with Gasteiger partial charge in [-0.3, -0.25) is 9.48 Å². The van der Waals surface area contributed by atoms with E-state index in [0.29, 0.717) is 12.5 Å². The van der Waals surface area contributed by atoms with Crippen LogP contribution in [0.4, 0.5) is 0 Å². The molecule has 1 aromatic heterocycles. The Bertz CT molecular complexity index is 300. The molecule has 0 aliphatic carbocycles. The minimum Gasteiger partial charge on any atom is -0.354 e. The summed E-state index contributed by atoms with van der Waals surface area (Å²) < 4.78 is 1.85. The molecule has 1 rings (SSSR count). The molecule has 0 saturated heterocycles. The monoisotopic (exact) mass is 246 g/mol. The first kappa shape index (κ1) is 14.9. The van der Waals surface area contributed by atoms with Crippen LogP contribution in [-0.2, 0) is 11.3 Å². The van der Waals surface area contributed by atoms with Crippen molar-refractivity contribution in [1.82, 2.24) is 15.1 Å². The van der Waals surface area contributed by atoms with Gasteiger partial charge in [0.1, 0.15) is 0 Å². The second kappa shape index (κ2) is 7.24. The van der Waals surface area contributed by atoms with Gasteiger partial charge in [-0.05, 0) is 18.9 Å². The van der Waals surface area contributed by atoms with Crippen LogP contribution in [0.3, 0.4) is 0 Å². The molecule has 0 radical (unpaired) electrons. The summed E-state index contributed by atoms with van der Waals surface area (Å²) in [6.07, 6.45) is 3.65. The fraction of sp³-hybridized carbons (Fsp3) is 0.600. The number of rotatable bonds is 5. The third-order valence-corrected chi connectivity index (χ3v) is 2.10. The molecule has 2 atom stereocenters. The van der Waals surface area contributed by atoms with Crippen LogP contribution in [0.1, 0.15) is 13.8 Å². The maximum absolute atomic E-state index is 11.2. The summed E-state index contributed by atoms with van der Waals surface area (Å²) in [5, 5.41) is 6.89.